The van der Waals surface area contributed by atoms with Gasteiger partial charge in [-0.15, -0.1) is 11.3 Å². The van der Waals surface area contributed by atoms with Gasteiger partial charge in [0.05, 0.1) is 6.04 Å². The van der Waals surface area contributed by atoms with E-state index in [9.17, 15) is 4.79 Å². The minimum absolute atomic E-state index is 0.0125. The van der Waals surface area contributed by atoms with E-state index in [2.05, 4.69) is 17.4 Å². The summed E-state index contributed by atoms with van der Waals surface area (Å²) < 4.78 is 1.12. The highest BCUT2D eigenvalue weighted by Gasteiger charge is 2.23. The third-order valence-corrected chi connectivity index (χ3v) is 5.01. The van der Waals surface area contributed by atoms with Gasteiger partial charge in [0.15, 0.2) is 5.78 Å². The van der Waals surface area contributed by atoms with E-state index >= 15 is 0 Å². The molecule has 17 heavy (non-hydrogen) atoms. The minimum Gasteiger partial charge on any atom is -0.306 e. The number of nitrogens with one attached hydrogen (secondary N) is 1. The lowest BCUT2D eigenvalue weighted by Gasteiger charge is -2.22. The molecule has 1 aliphatic heterocycles. The molecule has 0 aliphatic carbocycles. The topological polar surface area (TPSA) is 29.1 Å². The minimum atomic E-state index is -0.0125. The summed E-state index contributed by atoms with van der Waals surface area (Å²) in [6, 6.07) is 8.03. The van der Waals surface area contributed by atoms with Gasteiger partial charge in [-0.05, 0) is 22.9 Å². The Morgan fingerprint density at radius 2 is 2.29 bits per heavy atom. The molecular formula is C13H13NOS2. The normalized spacial score (nSPS) is 20.6. The first-order valence-electron chi connectivity index (χ1n) is 5.68. The first-order valence-corrected chi connectivity index (χ1v) is 7.71. The van der Waals surface area contributed by atoms with Gasteiger partial charge in [0.25, 0.3) is 0 Å². The second-order valence-electron chi connectivity index (χ2n) is 4.09. The average Bonchev–Trinajstić information content (AvgIpc) is 2.87. The van der Waals surface area contributed by atoms with E-state index in [0.717, 1.165) is 28.3 Å². The molecule has 0 amide bonds. The van der Waals surface area contributed by atoms with E-state index in [-0.39, 0.29) is 11.8 Å². The average molecular weight is 263 g/mol. The number of carbonyl (C=O) groups excluding carboxylic acids is 1. The van der Waals surface area contributed by atoms with Crippen LogP contribution in [0.2, 0.25) is 0 Å². The number of rotatable bonds is 2. The fourth-order valence-corrected chi connectivity index (χ4v) is 3.96. The summed E-state index contributed by atoms with van der Waals surface area (Å²) in [6.45, 7) is 0.932. The first kappa shape index (κ1) is 11.3. The lowest BCUT2D eigenvalue weighted by molar-refractivity contribution is 0.0955. The zero-order valence-corrected chi connectivity index (χ0v) is 10.9. The summed E-state index contributed by atoms with van der Waals surface area (Å²) >= 11 is 3.50. The van der Waals surface area contributed by atoms with Gasteiger partial charge < -0.3 is 5.32 Å². The number of hydrogen-bond donors (Lipinski definition) is 1. The van der Waals surface area contributed by atoms with Gasteiger partial charge in [0, 0.05) is 28.3 Å². The van der Waals surface area contributed by atoms with Crippen LogP contribution in [0.3, 0.4) is 0 Å². The van der Waals surface area contributed by atoms with Crippen molar-refractivity contribution in [2.75, 3.05) is 18.1 Å². The molecule has 1 aromatic carbocycles. The highest BCUT2D eigenvalue weighted by Crippen LogP contribution is 2.26. The Morgan fingerprint density at radius 1 is 1.35 bits per heavy atom. The number of benzene rings is 1. The number of ketones is 1. The van der Waals surface area contributed by atoms with Gasteiger partial charge in [-0.3, -0.25) is 4.79 Å². The Hall–Kier alpha value is -0.840. The molecule has 1 atom stereocenters. The SMILES string of the molecule is O=C(c1cccc2ccsc12)C1CSCCN1. The van der Waals surface area contributed by atoms with E-state index in [1.165, 1.54) is 5.39 Å². The highest BCUT2D eigenvalue weighted by molar-refractivity contribution is 7.99. The highest BCUT2D eigenvalue weighted by atomic mass is 32.2. The van der Waals surface area contributed by atoms with Crippen LogP contribution in [0.25, 0.3) is 10.1 Å². The van der Waals surface area contributed by atoms with Crippen molar-refractivity contribution in [2.24, 2.45) is 0 Å². The van der Waals surface area contributed by atoms with Crippen molar-refractivity contribution in [3.8, 4) is 0 Å². The molecule has 2 aromatic rings. The first-order chi connectivity index (χ1) is 8.36. The van der Waals surface area contributed by atoms with Gasteiger partial charge in [0.1, 0.15) is 0 Å². The Kier molecular flexibility index (Phi) is 3.18. The molecule has 0 bridgehead atoms. The molecule has 0 saturated carbocycles. The van der Waals surface area contributed by atoms with Gasteiger partial charge in [0.2, 0.25) is 0 Å². The molecular weight excluding hydrogens is 250 g/mol. The predicted octanol–water partition coefficient (Wildman–Crippen LogP) is 2.79. The number of hydrogen-bond acceptors (Lipinski definition) is 4. The number of Topliss-reactive ketones (excluding diaryl/α,β-unsaturated/α-hetero) is 1. The van der Waals surface area contributed by atoms with E-state index in [1.807, 2.05) is 29.3 Å². The zero-order valence-electron chi connectivity index (χ0n) is 9.31. The van der Waals surface area contributed by atoms with E-state index in [4.69, 9.17) is 0 Å². The summed E-state index contributed by atoms with van der Waals surface area (Å²) in [7, 11) is 0. The Morgan fingerprint density at radius 3 is 3.12 bits per heavy atom. The van der Waals surface area contributed by atoms with E-state index in [1.54, 1.807) is 11.3 Å². The standard InChI is InChI=1S/C13H13NOS2/c15-12(11-8-16-7-5-14-11)10-3-1-2-9-4-6-17-13(9)10/h1-4,6,11,14H,5,7-8H2. The second kappa shape index (κ2) is 4.80. The van der Waals surface area contributed by atoms with E-state index < -0.39 is 0 Å². The molecule has 1 saturated heterocycles. The molecule has 88 valence electrons. The van der Waals surface area contributed by atoms with Crippen LogP contribution in [0, 0.1) is 0 Å². The smallest absolute Gasteiger partial charge is 0.182 e. The van der Waals surface area contributed by atoms with Crippen molar-refractivity contribution in [1.29, 1.82) is 0 Å². The van der Waals surface area contributed by atoms with Crippen LogP contribution in [-0.4, -0.2) is 29.9 Å². The van der Waals surface area contributed by atoms with Crippen LogP contribution in [-0.2, 0) is 0 Å². The van der Waals surface area contributed by atoms with Crippen molar-refractivity contribution < 1.29 is 4.79 Å². The number of thiophene rings is 1. The molecule has 4 heteroatoms. The number of carbonyl (C=O) groups is 1. The Labute approximate surface area is 108 Å². The van der Waals surface area contributed by atoms with Crippen molar-refractivity contribution >= 4 is 39.0 Å². The maximum Gasteiger partial charge on any atom is 0.182 e. The van der Waals surface area contributed by atoms with Crippen LogP contribution in [0.4, 0.5) is 0 Å². The fraction of sp³-hybridized carbons (Fsp3) is 0.308. The van der Waals surface area contributed by atoms with Crippen molar-refractivity contribution in [2.45, 2.75) is 6.04 Å². The summed E-state index contributed by atoms with van der Waals surface area (Å²) in [4.78, 5) is 12.4. The Balaban J connectivity index is 1.97. The lowest BCUT2D eigenvalue weighted by atomic mass is 10.0. The monoisotopic (exact) mass is 263 g/mol. The molecule has 1 N–H and O–H groups in total. The van der Waals surface area contributed by atoms with Crippen molar-refractivity contribution in [1.82, 2.24) is 5.32 Å². The zero-order chi connectivity index (χ0) is 11.7. The summed E-state index contributed by atoms with van der Waals surface area (Å²) in [5, 5.41) is 6.53. The second-order valence-corrected chi connectivity index (χ2v) is 6.16. The molecule has 1 fully saturated rings. The molecule has 1 aliphatic rings. The quantitative estimate of drug-likeness (QED) is 0.845. The van der Waals surface area contributed by atoms with Crippen LogP contribution >= 0.6 is 23.1 Å². The fourth-order valence-electron chi connectivity index (χ4n) is 2.11. The van der Waals surface area contributed by atoms with Crippen LogP contribution in [0.15, 0.2) is 29.6 Å². The summed E-state index contributed by atoms with van der Waals surface area (Å²) in [5.74, 6) is 2.23. The molecule has 1 aromatic heterocycles. The number of fused-ring (bicyclic) bond motifs is 1. The summed E-state index contributed by atoms with van der Waals surface area (Å²) in [5.41, 5.74) is 0.873. The van der Waals surface area contributed by atoms with E-state index in [0.29, 0.717) is 0 Å². The molecule has 0 radical (unpaired) electrons. The number of thioether (sulfide) groups is 1. The predicted molar refractivity (Wildman–Crippen MR) is 75.3 cm³/mol. The lowest BCUT2D eigenvalue weighted by Crippen LogP contribution is -2.43. The van der Waals surface area contributed by atoms with Crippen LogP contribution in [0.1, 0.15) is 10.4 Å². The van der Waals surface area contributed by atoms with Crippen LogP contribution in [0.5, 0.6) is 0 Å². The van der Waals surface area contributed by atoms with Crippen molar-refractivity contribution in [3.63, 3.8) is 0 Å². The molecule has 2 heterocycles. The van der Waals surface area contributed by atoms with Gasteiger partial charge in [-0.1, -0.05) is 12.1 Å². The largest absolute Gasteiger partial charge is 0.306 e. The molecule has 0 spiro atoms. The van der Waals surface area contributed by atoms with Gasteiger partial charge in [-0.25, -0.2) is 0 Å². The molecule has 2 nitrogen and oxygen atoms in total. The summed E-state index contributed by atoms with van der Waals surface area (Å²) in [6.07, 6.45) is 0. The molecule has 1 unspecified atom stereocenters. The Bertz CT molecular complexity index is 543. The maximum atomic E-state index is 12.4. The van der Waals surface area contributed by atoms with Gasteiger partial charge >= 0.3 is 0 Å². The van der Waals surface area contributed by atoms with Gasteiger partial charge in [-0.2, -0.15) is 11.8 Å². The molecule has 3 rings (SSSR count). The van der Waals surface area contributed by atoms with Crippen molar-refractivity contribution in [3.05, 3.63) is 35.2 Å². The van der Waals surface area contributed by atoms with Crippen LogP contribution < -0.4 is 5.32 Å². The third-order valence-electron chi connectivity index (χ3n) is 2.98. The third kappa shape index (κ3) is 2.12. The maximum absolute atomic E-state index is 12.4.